The Morgan fingerprint density at radius 3 is 2.61 bits per heavy atom. The SMILES string of the molecule is O=C(O)c1ccc(Cl)cc1Nc1ncc(F)cn1. The van der Waals surface area contributed by atoms with E-state index in [1.807, 2.05) is 0 Å². The zero-order valence-electron chi connectivity index (χ0n) is 8.89. The van der Waals surface area contributed by atoms with Crippen LogP contribution in [0.2, 0.25) is 5.02 Å². The number of hydrogen-bond donors (Lipinski definition) is 2. The second-order valence-electron chi connectivity index (χ2n) is 3.34. The van der Waals surface area contributed by atoms with Crippen molar-refractivity contribution in [3.05, 3.63) is 47.0 Å². The normalized spacial score (nSPS) is 10.1. The molecule has 7 heteroatoms. The molecular weight excluding hydrogens is 261 g/mol. The standard InChI is InChI=1S/C11H7ClFN3O2/c12-6-1-2-8(10(17)18)9(3-6)16-11-14-4-7(13)5-15-11/h1-5H,(H,17,18)(H,14,15,16). The molecule has 1 aromatic heterocycles. The van der Waals surface area contributed by atoms with E-state index in [2.05, 4.69) is 15.3 Å². The maximum absolute atomic E-state index is 12.6. The molecule has 0 saturated carbocycles. The van der Waals surface area contributed by atoms with E-state index in [0.717, 1.165) is 12.4 Å². The number of nitrogens with one attached hydrogen (secondary N) is 1. The van der Waals surface area contributed by atoms with Gasteiger partial charge >= 0.3 is 5.97 Å². The van der Waals surface area contributed by atoms with Gasteiger partial charge in [-0.2, -0.15) is 0 Å². The molecule has 0 bridgehead atoms. The predicted octanol–water partition coefficient (Wildman–Crippen LogP) is 2.71. The van der Waals surface area contributed by atoms with E-state index in [0.29, 0.717) is 5.02 Å². The second kappa shape index (κ2) is 4.97. The Morgan fingerprint density at radius 2 is 2.00 bits per heavy atom. The summed E-state index contributed by atoms with van der Waals surface area (Å²) in [7, 11) is 0. The molecule has 2 N–H and O–H groups in total. The molecule has 2 rings (SSSR count). The van der Waals surface area contributed by atoms with Gasteiger partial charge in [0.25, 0.3) is 0 Å². The number of carbonyl (C=O) groups is 1. The van der Waals surface area contributed by atoms with E-state index in [9.17, 15) is 9.18 Å². The number of rotatable bonds is 3. The Bertz CT molecular complexity index is 589. The summed E-state index contributed by atoms with van der Waals surface area (Å²) in [6.45, 7) is 0. The largest absolute Gasteiger partial charge is 0.478 e. The molecule has 0 spiro atoms. The number of halogens is 2. The van der Waals surface area contributed by atoms with Crippen LogP contribution in [0.15, 0.2) is 30.6 Å². The monoisotopic (exact) mass is 267 g/mol. The van der Waals surface area contributed by atoms with E-state index in [1.165, 1.54) is 18.2 Å². The number of anilines is 2. The topological polar surface area (TPSA) is 75.1 Å². The van der Waals surface area contributed by atoms with Crippen molar-refractivity contribution < 1.29 is 14.3 Å². The lowest BCUT2D eigenvalue weighted by molar-refractivity contribution is 0.0698. The first kappa shape index (κ1) is 12.3. The molecular formula is C11H7ClFN3O2. The summed E-state index contributed by atoms with van der Waals surface area (Å²) in [5.74, 6) is -1.61. The van der Waals surface area contributed by atoms with Gasteiger partial charge in [-0.25, -0.2) is 19.2 Å². The van der Waals surface area contributed by atoms with E-state index in [-0.39, 0.29) is 17.2 Å². The number of nitrogens with zero attached hydrogens (tertiary/aromatic N) is 2. The molecule has 0 amide bonds. The minimum Gasteiger partial charge on any atom is -0.478 e. The van der Waals surface area contributed by atoms with Gasteiger partial charge < -0.3 is 10.4 Å². The van der Waals surface area contributed by atoms with Crippen molar-refractivity contribution in [2.24, 2.45) is 0 Å². The number of carboxylic acid groups (broad SMARTS) is 1. The molecule has 5 nitrogen and oxygen atoms in total. The van der Waals surface area contributed by atoms with E-state index in [1.54, 1.807) is 0 Å². The highest BCUT2D eigenvalue weighted by Crippen LogP contribution is 2.23. The van der Waals surface area contributed by atoms with Crippen molar-refractivity contribution in [3.63, 3.8) is 0 Å². The molecule has 0 unspecified atom stereocenters. The fourth-order valence-corrected chi connectivity index (χ4v) is 1.48. The molecule has 0 radical (unpaired) electrons. The van der Waals surface area contributed by atoms with Crippen LogP contribution in [0.4, 0.5) is 16.0 Å². The van der Waals surface area contributed by atoms with Crippen LogP contribution in [0.3, 0.4) is 0 Å². The van der Waals surface area contributed by atoms with E-state index < -0.39 is 11.8 Å². The summed E-state index contributed by atoms with van der Waals surface area (Å²) >= 11 is 5.78. The third-order valence-corrected chi connectivity index (χ3v) is 2.31. The number of carboxylic acids is 1. The lowest BCUT2D eigenvalue weighted by Crippen LogP contribution is -2.04. The van der Waals surface area contributed by atoms with Gasteiger partial charge in [0, 0.05) is 5.02 Å². The van der Waals surface area contributed by atoms with Gasteiger partial charge in [0.05, 0.1) is 23.6 Å². The maximum Gasteiger partial charge on any atom is 0.337 e. The highest BCUT2D eigenvalue weighted by atomic mass is 35.5. The molecule has 1 aromatic carbocycles. The zero-order chi connectivity index (χ0) is 13.1. The fourth-order valence-electron chi connectivity index (χ4n) is 1.30. The van der Waals surface area contributed by atoms with Gasteiger partial charge in [-0.3, -0.25) is 0 Å². The summed E-state index contributed by atoms with van der Waals surface area (Å²) in [6.07, 6.45) is 1.95. The molecule has 0 aliphatic carbocycles. The lowest BCUT2D eigenvalue weighted by atomic mass is 10.2. The quantitative estimate of drug-likeness (QED) is 0.894. The first-order chi connectivity index (χ1) is 8.56. The molecule has 0 aliphatic heterocycles. The predicted molar refractivity (Wildman–Crippen MR) is 63.7 cm³/mol. The summed E-state index contributed by atoms with van der Waals surface area (Å²) in [4.78, 5) is 18.3. The average molecular weight is 268 g/mol. The van der Waals surface area contributed by atoms with Gasteiger partial charge in [-0.1, -0.05) is 11.6 Å². The first-order valence-electron chi connectivity index (χ1n) is 4.83. The van der Waals surface area contributed by atoms with E-state index >= 15 is 0 Å². The summed E-state index contributed by atoms with van der Waals surface area (Å²) in [5, 5.41) is 12.0. The van der Waals surface area contributed by atoms with Crippen molar-refractivity contribution in [2.75, 3.05) is 5.32 Å². The van der Waals surface area contributed by atoms with E-state index in [4.69, 9.17) is 16.7 Å². The molecule has 18 heavy (non-hydrogen) atoms. The van der Waals surface area contributed by atoms with Gasteiger partial charge in [-0.05, 0) is 18.2 Å². The minimum absolute atomic E-state index is 0.0207. The van der Waals surface area contributed by atoms with Crippen molar-refractivity contribution in [3.8, 4) is 0 Å². The maximum atomic E-state index is 12.6. The van der Waals surface area contributed by atoms with Crippen LogP contribution in [-0.4, -0.2) is 21.0 Å². The van der Waals surface area contributed by atoms with Crippen molar-refractivity contribution in [1.29, 1.82) is 0 Å². The second-order valence-corrected chi connectivity index (χ2v) is 3.78. The number of aromatic carboxylic acids is 1. The molecule has 0 atom stereocenters. The molecule has 0 fully saturated rings. The molecule has 92 valence electrons. The summed E-state index contributed by atoms with van der Waals surface area (Å²) < 4.78 is 12.6. The Labute approximate surface area is 106 Å². The zero-order valence-corrected chi connectivity index (χ0v) is 9.65. The molecule has 1 heterocycles. The van der Waals surface area contributed by atoms with Gasteiger partial charge in [0.1, 0.15) is 0 Å². The minimum atomic E-state index is -1.11. The van der Waals surface area contributed by atoms with Crippen LogP contribution in [0, 0.1) is 5.82 Å². The van der Waals surface area contributed by atoms with Crippen molar-refractivity contribution >= 4 is 29.2 Å². The molecule has 2 aromatic rings. The molecule has 0 aliphatic rings. The lowest BCUT2D eigenvalue weighted by Gasteiger charge is -2.08. The van der Waals surface area contributed by atoms with Crippen LogP contribution in [0.5, 0.6) is 0 Å². The Hall–Kier alpha value is -2.21. The third-order valence-electron chi connectivity index (χ3n) is 2.08. The van der Waals surface area contributed by atoms with Crippen LogP contribution in [0.1, 0.15) is 10.4 Å². The van der Waals surface area contributed by atoms with Crippen LogP contribution in [0.25, 0.3) is 0 Å². The Morgan fingerprint density at radius 1 is 1.33 bits per heavy atom. The Balaban J connectivity index is 2.35. The summed E-state index contributed by atoms with van der Waals surface area (Å²) in [5.41, 5.74) is 0.258. The number of benzene rings is 1. The first-order valence-corrected chi connectivity index (χ1v) is 5.21. The average Bonchev–Trinajstić information content (AvgIpc) is 2.32. The third kappa shape index (κ3) is 2.72. The van der Waals surface area contributed by atoms with Gasteiger partial charge in [0.15, 0.2) is 5.82 Å². The van der Waals surface area contributed by atoms with Crippen molar-refractivity contribution in [2.45, 2.75) is 0 Å². The molecule has 0 saturated heterocycles. The van der Waals surface area contributed by atoms with Gasteiger partial charge in [0.2, 0.25) is 5.95 Å². The van der Waals surface area contributed by atoms with Crippen LogP contribution >= 0.6 is 11.6 Å². The summed E-state index contributed by atoms with van der Waals surface area (Å²) in [6, 6.07) is 4.25. The number of hydrogen-bond acceptors (Lipinski definition) is 4. The highest BCUT2D eigenvalue weighted by molar-refractivity contribution is 6.31. The van der Waals surface area contributed by atoms with Gasteiger partial charge in [-0.15, -0.1) is 0 Å². The van der Waals surface area contributed by atoms with Crippen molar-refractivity contribution in [1.82, 2.24) is 9.97 Å². The Kier molecular flexibility index (Phi) is 3.38. The smallest absolute Gasteiger partial charge is 0.337 e. The fraction of sp³-hybridized carbons (Fsp3) is 0. The van der Waals surface area contributed by atoms with Crippen LogP contribution in [-0.2, 0) is 0 Å². The highest BCUT2D eigenvalue weighted by Gasteiger charge is 2.11. The number of aromatic nitrogens is 2. The van der Waals surface area contributed by atoms with Crippen LogP contribution < -0.4 is 5.32 Å².